The minimum absolute atomic E-state index is 0.00137. The molecule has 8 heteroatoms. The summed E-state index contributed by atoms with van der Waals surface area (Å²) in [6.45, 7) is 2.81. The lowest BCUT2D eigenvalue weighted by Crippen LogP contribution is -2.30. The number of nitrogens with two attached hydrogens (primary N) is 1. The Morgan fingerprint density at radius 1 is 0.694 bits per heavy atom. The summed E-state index contributed by atoms with van der Waals surface area (Å²) in [6, 6.07) is -0.821. The molecule has 0 saturated heterocycles. The molecule has 0 bridgehead atoms. The molecule has 210 valence electrons. The molecule has 0 heterocycles. The van der Waals surface area contributed by atoms with Crippen molar-refractivity contribution in [3.05, 3.63) is 0 Å². The third-order valence-electron chi connectivity index (χ3n) is 6.25. The van der Waals surface area contributed by atoms with E-state index in [-0.39, 0.29) is 12.1 Å². The summed E-state index contributed by atoms with van der Waals surface area (Å²) in [5, 5.41) is 11.5. The zero-order valence-corrected chi connectivity index (χ0v) is 22.7. The predicted octanol–water partition coefficient (Wildman–Crippen LogP) is 5.71. The zero-order chi connectivity index (χ0) is 27.3. The number of amides is 1. The maximum atomic E-state index is 12.0. The van der Waals surface area contributed by atoms with Crippen LogP contribution in [0.2, 0.25) is 0 Å². The number of rotatable bonds is 25. The van der Waals surface area contributed by atoms with Crippen LogP contribution in [-0.4, -0.2) is 41.5 Å². The third-order valence-corrected chi connectivity index (χ3v) is 6.25. The molecule has 4 N–H and O–H groups in total. The zero-order valence-electron chi connectivity index (χ0n) is 22.7. The summed E-state index contributed by atoms with van der Waals surface area (Å²) in [6.07, 6.45) is 22.4. The van der Waals surface area contributed by atoms with Gasteiger partial charge in [-0.15, -0.1) is 0 Å². The van der Waals surface area contributed by atoms with Gasteiger partial charge in [-0.1, -0.05) is 84.0 Å². The molecule has 1 amide bonds. The topological polar surface area (TPSA) is 144 Å². The van der Waals surface area contributed by atoms with E-state index in [1.165, 1.54) is 70.6 Å². The first-order valence-electron chi connectivity index (χ1n) is 14.1. The minimum atomic E-state index is -0.984. The molecule has 0 aliphatic rings. The fourth-order valence-electron chi connectivity index (χ4n) is 4.00. The van der Waals surface area contributed by atoms with E-state index in [0.29, 0.717) is 44.4 Å². The molecular formula is C28H52N2O6. The first-order valence-corrected chi connectivity index (χ1v) is 14.1. The van der Waals surface area contributed by atoms with E-state index in [9.17, 15) is 14.4 Å². The van der Waals surface area contributed by atoms with Crippen molar-refractivity contribution in [2.75, 3.05) is 6.54 Å². The second-order valence-corrected chi connectivity index (χ2v) is 9.61. The third kappa shape index (κ3) is 30.0. The van der Waals surface area contributed by atoms with Crippen LogP contribution in [0.15, 0.2) is 0 Å². The first-order chi connectivity index (χ1) is 17.4. The lowest BCUT2D eigenvalue weighted by Gasteiger charge is -2.07. The standard InChI is InChI=1S/C27H52N2O4.CO2/c1-2-3-4-5-6-7-8-9-10-11-12-13-14-19-24(30)20-15-16-22-26(31)29-23-18-17-21-25(28)27(32)33;2-1-3/h25H,2-23,28H2,1H3,(H,29,31)(H,32,33);. The maximum Gasteiger partial charge on any atom is 0.373 e. The number of hydrogen-bond acceptors (Lipinski definition) is 6. The summed E-state index contributed by atoms with van der Waals surface area (Å²) in [7, 11) is 0. The fourth-order valence-corrected chi connectivity index (χ4v) is 4.00. The van der Waals surface area contributed by atoms with Gasteiger partial charge >= 0.3 is 12.1 Å². The predicted molar refractivity (Wildman–Crippen MR) is 141 cm³/mol. The minimum Gasteiger partial charge on any atom is -0.480 e. The molecule has 0 radical (unpaired) electrons. The van der Waals surface area contributed by atoms with Crippen LogP contribution in [0.5, 0.6) is 0 Å². The molecule has 0 aromatic rings. The average Bonchev–Trinajstić information content (AvgIpc) is 2.84. The molecule has 0 spiro atoms. The van der Waals surface area contributed by atoms with E-state index in [0.717, 1.165) is 32.1 Å². The number of carboxylic acid groups (broad SMARTS) is 1. The lowest BCUT2D eigenvalue weighted by molar-refractivity contribution is -0.191. The van der Waals surface area contributed by atoms with Gasteiger partial charge in [-0.05, 0) is 38.5 Å². The van der Waals surface area contributed by atoms with Crippen molar-refractivity contribution in [1.29, 1.82) is 0 Å². The number of carbonyl (C=O) groups excluding carboxylic acids is 4. The molecule has 0 saturated carbocycles. The van der Waals surface area contributed by atoms with Gasteiger partial charge in [0.2, 0.25) is 5.91 Å². The number of hydrogen-bond donors (Lipinski definition) is 3. The van der Waals surface area contributed by atoms with Crippen LogP contribution in [0.25, 0.3) is 0 Å². The molecule has 36 heavy (non-hydrogen) atoms. The number of nitrogens with one attached hydrogen (secondary N) is 1. The van der Waals surface area contributed by atoms with Gasteiger partial charge in [-0.2, -0.15) is 9.59 Å². The van der Waals surface area contributed by atoms with Crippen LogP contribution in [0.4, 0.5) is 0 Å². The van der Waals surface area contributed by atoms with Crippen LogP contribution < -0.4 is 11.1 Å². The number of carboxylic acids is 1. The van der Waals surface area contributed by atoms with E-state index in [2.05, 4.69) is 12.2 Å². The number of ketones is 1. The molecule has 0 aliphatic heterocycles. The highest BCUT2D eigenvalue weighted by Crippen LogP contribution is 2.13. The Morgan fingerprint density at radius 3 is 1.58 bits per heavy atom. The average molecular weight is 513 g/mol. The Kier molecular flexibility index (Phi) is 29.3. The fraction of sp³-hybridized carbons (Fsp3) is 0.857. The molecule has 1 atom stereocenters. The summed E-state index contributed by atoms with van der Waals surface area (Å²) in [5.74, 6) is -0.655. The van der Waals surface area contributed by atoms with E-state index < -0.39 is 12.0 Å². The number of Topliss-reactive ketones (excluding diaryl/α,β-unsaturated/α-hetero) is 1. The van der Waals surface area contributed by atoms with Crippen LogP contribution in [0, 0.1) is 0 Å². The Labute approximate surface area is 218 Å². The van der Waals surface area contributed by atoms with Crippen LogP contribution in [0.1, 0.15) is 142 Å². The Hall–Kier alpha value is -2.05. The number of aliphatic carboxylic acids is 1. The highest BCUT2D eigenvalue weighted by atomic mass is 16.4. The van der Waals surface area contributed by atoms with Gasteiger partial charge in [0.15, 0.2) is 0 Å². The van der Waals surface area contributed by atoms with E-state index in [4.69, 9.17) is 20.4 Å². The van der Waals surface area contributed by atoms with Gasteiger partial charge in [-0.3, -0.25) is 14.4 Å². The van der Waals surface area contributed by atoms with Gasteiger partial charge in [0.25, 0.3) is 0 Å². The Balaban J connectivity index is 0. The maximum absolute atomic E-state index is 12.0. The highest BCUT2D eigenvalue weighted by Gasteiger charge is 2.10. The van der Waals surface area contributed by atoms with Crippen molar-refractivity contribution in [3.8, 4) is 0 Å². The molecule has 0 aromatic carbocycles. The molecule has 0 rings (SSSR count). The van der Waals surface area contributed by atoms with E-state index >= 15 is 0 Å². The molecule has 8 nitrogen and oxygen atoms in total. The first kappa shape index (κ1) is 36.1. The van der Waals surface area contributed by atoms with Crippen LogP contribution in [-0.2, 0) is 24.0 Å². The second kappa shape index (κ2) is 29.2. The smallest absolute Gasteiger partial charge is 0.373 e. The van der Waals surface area contributed by atoms with Gasteiger partial charge in [0.05, 0.1) is 0 Å². The van der Waals surface area contributed by atoms with Gasteiger partial charge in [-0.25, -0.2) is 0 Å². The Morgan fingerprint density at radius 2 is 1.11 bits per heavy atom. The van der Waals surface area contributed by atoms with Crippen LogP contribution in [0.3, 0.4) is 0 Å². The van der Waals surface area contributed by atoms with Crippen molar-refractivity contribution in [2.24, 2.45) is 5.73 Å². The molecular weight excluding hydrogens is 460 g/mol. The summed E-state index contributed by atoms with van der Waals surface area (Å²) in [5.41, 5.74) is 5.44. The highest BCUT2D eigenvalue weighted by molar-refractivity contribution is 5.78. The van der Waals surface area contributed by atoms with E-state index in [1.54, 1.807) is 0 Å². The second-order valence-electron chi connectivity index (χ2n) is 9.61. The summed E-state index contributed by atoms with van der Waals surface area (Å²) < 4.78 is 0. The van der Waals surface area contributed by atoms with Gasteiger partial charge in [0, 0.05) is 25.8 Å². The number of carbonyl (C=O) groups is 3. The van der Waals surface area contributed by atoms with E-state index in [1.807, 2.05) is 0 Å². The summed E-state index contributed by atoms with van der Waals surface area (Å²) in [4.78, 5) is 50.6. The van der Waals surface area contributed by atoms with Crippen LogP contribution >= 0.6 is 0 Å². The molecule has 0 aromatic heterocycles. The quantitative estimate of drug-likeness (QED) is 0.133. The SMILES string of the molecule is CCCCCCCCCCCCCCCC(=O)CCCCC(=O)NCCCCC(N)C(=O)O.O=C=O. The number of unbranched alkanes of at least 4 members (excludes halogenated alkanes) is 14. The van der Waals surface area contributed by atoms with Gasteiger partial charge < -0.3 is 16.2 Å². The monoisotopic (exact) mass is 512 g/mol. The largest absolute Gasteiger partial charge is 0.480 e. The normalized spacial score (nSPS) is 11.2. The van der Waals surface area contributed by atoms with Crippen molar-refractivity contribution >= 4 is 23.8 Å². The van der Waals surface area contributed by atoms with Crippen molar-refractivity contribution < 1.29 is 29.1 Å². The molecule has 0 aliphatic carbocycles. The summed E-state index contributed by atoms with van der Waals surface area (Å²) >= 11 is 0. The van der Waals surface area contributed by atoms with Crippen molar-refractivity contribution in [2.45, 2.75) is 148 Å². The van der Waals surface area contributed by atoms with Crippen molar-refractivity contribution in [1.82, 2.24) is 5.32 Å². The molecule has 0 fully saturated rings. The van der Waals surface area contributed by atoms with Gasteiger partial charge in [0.1, 0.15) is 11.8 Å². The van der Waals surface area contributed by atoms with Crippen molar-refractivity contribution in [3.63, 3.8) is 0 Å². The lowest BCUT2D eigenvalue weighted by atomic mass is 10.0. The molecule has 1 unspecified atom stereocenters. The Bertz CT molecular complexity index is 576.